The molecule has 0 unspecified atom stereocenters. The fourth-order valence-corrected chi connectivity index (χ4v) is 2.46. The number of carboxylic acids is 1. The topological polar surface area (TPSA) is 71.2 Å². The average Bonchev–Trinajstić information content (AvgIpc) is 2.89. The first-order chi connectivity index (χ1) is 10.9. The van der Waals surface area contributed by atoms with Crippen LogP contribution in [0.25, 0.3) is 16.7 Å². The lowest BCUT2D eigenvalue weighted by molar-refractivity contribution is 0.0697. The Bertz CT molecular complexity index is 901. The first kappa shape index (κ1) is 14.9. The quantitative estimate of drug-likeness (QED) is 0.803. The molecule has 0 aliphatic rings. The van der Waals surface area contributed by atoms with Gasteiger partial charge in [0.1, 0.15) is 11.3 Å². The molecule has 0 bridgehead atoms. The Labute approximate surface area is 129 Å². The minimum absolute atomic E-state index is 0.0175. The first-order valence-corrected chi connectivity index (χ1v) is 6.63. The molecule has 0 radical (unpaired) electrons. The molecule has 0 amide bonds. The molecule has 23 heavy (non-hydrogen) atoms. The number of hydrogen-bond acceptors (Lipinski definition) is 4. The van der Waals surface area contributed by atoms with E-state index in [0.29, 0.717) is 11.1 Å². The summed E-state index contributed by atoms with van der Waals surface area (Å²) in [6, 6.07) is 3.48. The van der Waals surface area contributed by atoms with Gasteiger partial charge in [0.25, 0.3) is 0 Å². The molecule has 0 aliphatic heterocycles. The number of carbonyl (C=O) groups is 1. The molecule has 2 heterocycles. The number of anilines is 1. The molecular weight excluding hydrogens is 306 g/mol. The van der Waals surface area contributed by atoms with E-state index in [-0.39, 0.29) is 16.9 Å². The van der Waals surface area contributed by atoms with Crippen molar-refractivity contribution in [2.75, 3.05) is 19.0 Å². The summed E-state index contributed by atoms with van der Waals surface area (Å²) in [6.45, 7) is 0. The lowest BCUT2D eigenvalue weighted by Gasteiger charge is -2.16. The number of hydrogen-bond donors (Lipinski definition) is 1. The van der Waals surface area contributed by atoms with Crippen LogP contribution in [0.1, 0.15) is 10.4 Å². The molecule has 1 aromatic carbocycles. The van der Waals surface area contributed by atoms with E-state index in [1.807, 2.05) is 0 Å². The molecule has 0 saturated heterocycles. The Morgan fingerprint density at radius 2 is 1.87 bits per heavy atom. The zero-order chi connectivity index (χ0) is 16.7. The third-order valence-electron chi connectivity index (χ3n) is 3.40. The van der Waals surface area contributed by atoms with Gasteiger partial charge in [-0.1, -0.05) is 6.07 Å². The highest BCUT2D eigenvalue weighted by Gasteiger charge is 2.21. The highest BCUT2D eigenvalue weighted by molar-refractivity contribution is 6.03. The SMILES string of the molecule is CN(C)c1c(C(=O)O)cnc2c1cnn2-c1c(F)cccc1F. The van der Waals surface area contributed by atoms with Crippen LogP contribution in [0.4, 0.5) is 14.5 Å². The van der Waals surface area contributed by atoms with Gasteiger partial charge in [-0.25, -0.2) is 23.2 Å². The second kappa shape index (κ2) is 5.31. The van der Waals surface area contributed by atoms with E-state index in [9.17, 15) is 18.7 Å². The van der Waals surface area contributed by atoms with E-state index < -0.39 is 17.6 Å². The summed E-state index contributed by atoms with van der Waals surface area (Å²) in [7, 11) is 3.34. The number of carboxylic acid groups (broad SMARTS) is 1. The summed E-state index contributed by atoms with van der Waals surface area (Å²) in [4.78, 5) is 17.0. The zero-order valence-electron chi connectivity index (χ0n) is 12.3. The predicted octanol–water partition coefficient (Wildman–Crippen LogP) is 2.46. The number of para-hydroxylation sites is 1. The normalized spacial score (nSPS) is 11.0. The lowest BCUT2D eigenvalue weighted by atomic mass is 10.1. The van der Waals surface area contributed by atoms with E-state index in [0.717, 1.165) is 23.0 Å². The monoisotopic (exact) mass is 318 g/mol. The lowest BCUT2D eigenvalue weighted by Crippen LogP contribution is -2.15. The van der Waals surface area contributed by atoms with Crippen molar-refractivity contribution in [3.8, 4) is 5.69 Å². The number of halogens is 2. The number of nitrogens with zero attached hydrogens (tertiary/aromatic N) is 4. The summed E-state index contributed by atoms with van der Waals surface area (Å²) < 4.78 is 29.0. The van der Waals surface area contributed by atoms with Gasteiger partial charge >= 0.3 is 5.97 Å². The summed E-state index contributed by atoms with van der Waals surface area (Å²) in [6.07, 6.45) is 2.49. The number of aromatic carboxylic acids is 1. The fourth-order valence-electron chi connectivity index (χ4n) is 2.46. The standard InChI is InChI=1S/C15H12F2N4O2/c1-20(2)12-8-7-19-21(13-10(16)4-3-5-11(13)17)14(8)18-6-9(12)15(22)23/h3-7H,1-2H3,(H,22,23). The van der Waals surface area contributed by atoms with Crippen molar-refractivity contribution in [1.29, 1.82) is 0 Å². The van der Waals surface area contributed by atoms with E-state index in [4.69, 9.17) is 0 Å². The molecule has 2 aromatic heterocycles. The molecule has 6 nitrogen and oxygen atoms in total. The van der Waals surface area contributed by atoms with Gasteiger partial charge in [-0.15, -0.1) is 0 Å². The van der Waals surface area contributed by atoms with Gasteiger partial charge in [0.15, 0.2) is 17.3 Å². The maximum absolute atomic E-state index is 14.0. The first-order valence-electron chi connectivity index (χ1n) is 6.63. The Kier molecular flexibility index (Phi) is 3.44. The van der Waals surface area contributed by atoms with Crippen LogP contribution in [0, 0.1) is 11.6 Å². The van der Waals surface area contributed by atoms with E-state index >= 15 is 0 Å². The van der Waals surface area contributed by atoms with Gasteiger partial charge in [0, 0.05) is 20.3 Å². The Hall–Kier alpha value is -3.03. The number of aromatic nitrogens is 3. The van der Waals surface area contributed by atoms with Crippen molar-refractivity contribution in [2.24, 2.45) is 0 Å². The largest absolute Gasteiger partial charge is 0.478 e. The van der Waals surface area contributed by atoms with Crippen LogP contribution in [0.2, 0.25) is 0 Å². The smallest absolute Gasteiger partial charge is 0.339 e. The van der Waals surface area contributed by atoms with Crippen LogP contribution in [-0.4, -0.2) is 39.9 Å². The molecule has 8 heteroatoms. The van der Waals surface area contributed by atoms with Crippen molar-refractivity contribution < 1.29 is 18.7 Å². The molecule has 118 valence electrons. The molecule has 0 fully saturated rings. The van der Waals surface area contributed by atoms with Gasteiger partial charge < -0.3 is 10.0 Å². The van der Waals surface area contributed by atoms with E-state index in [1.54, 1.807) is 19.0 Å². The van der Waals surface area contributed by atoms with E-state index in [2.05, 4.69) is 10.1 Å². The molecule has 0 atom stereocenters. The maximum atomic E-state index is 14.0. The van der Waals surface area contributed by atoms with Gasteiger partial charge in [-0.3, -0.25) is 0 Å². The molecule has 0 spiro atoms. The van der Waals surface area contributed by atoms with Gasteiger partial charge in [-0.2, -0.15) is 5.10 Å². The number of fused-ring (bicyclic) bond motifs is 1. The van der Waals surface area contributed by atoms with E-state index in [1.165, 1.54) is 12.3 Å². The minimum Gasteiger partial charge on any atom is -0.478 e. The highest BCUT2D eigenvalue weighted by atomic mass is 19.1. The molecule has 3 rings (SSSR count). The van der Waals surface area contributed by atoms with Crippen LogP contribution < -0.4 is 4.90 Å². The third kappa shape index (κ3) is 2.28. The summed E-state index contributed by atoms with van der Waals surface area (Å²) in [5, 5.41) is 13.6. The Balaban J connectivity index is 2.35. The number of rotatable bonds is 3. The zero-order valence-corrected chi connectivity index (χ0v) is 12.3. The minimum atomic E-state index is -1.15. The summed E-state index contributed by atoms with van der Waals surface area (Å²) in [5.74, 6) is -2.72. The molecule has 3 aromatic rings. The second-order valence-corrected chi connectivity index (χ2v) is 5.08. The Morgan fingerprint density at radius 1 is 1.22 bits per heavy atom. The fraction of sp³-hybridized carbons (Fsp3) is 0.133. The molecule has 1 N–H and O–H groups in total. The molecule has 0 saturated carbocycles. The molecular formula is C15H12F2N4O2. The van der Waals surface area contributed by atoms with Crippen molar-refractivity contribution in [3.05, 3.63) is 47.8 Å². The maximum Gasteiger partial charge on any atom is 0.339 e. The summed E-state index contributed by atoms with van der Waals surface area (Å²) in [5.41, 5.74) is 0.159. The van der Waals surface area contributed by atoms with Crippen molar-refractivity contribution in [1.82, 2.24) is 14.8 Å². The second-order valence-electron chi connectivity index (χ2n) is 5.08. The van der Waals surface area contributed by atoms with Crippen molar-refractivity contribution in [3.63, 3.8) is 0 Å². The van der Waals surface area contributed by atoms with Gasteiger partial charge in [0.2, 0.25) is 0 Å². The molecule has 0 aliphatic carbocycles. The van der Waals surface area contributed by atoms with Crippen molar-refractivity contribution in [2.45, 2.75) is 0 Å². The predicted molar refractivity (Wildman–Crippen MR) is 80.1 cm³/mol. The van der Waals surface area contributed by atoms with Crippen LogP contribution in [-0.2, 0) is 0 Å². The average molecular weight is 318 g/mol. The van der Waals surface area contributed by atoms with Crippen LogP contribution in [0.5, 0.6) is 0 Å². The van der Waals surface area contributed by atoms with Gasteiger partial charge in [-0.05, 0) is 12.1 Å². The number of pyridine rings is 1. The van der Waals surface area contributed by atoms with Crippen LogP contribution >= 0.6 is 0 Å². The van der Waals surface area contributed by atoms with Crippen LogP contribution in [0.3, 0.4) is 0 Å². The Morgan fingerprint density at radius 3 is 2.43 bits per heavy atom. The third-order valence-corrected chi connectivity index (χ3v) is 3.40. The number of benzene rings is 1. The van der Waals surface area contributed by atoms with Gasteiger partial charge in [0.05, 0.1) is 17.3 Å². The highest BCUT2D eigenvalue weighted by Crippen LogP contribution is 2.30. The van der Waals surface area contributed by atoms with Crippen LogP contribution in [0.15, 0.2) is 30.6 Å². The summed E-state index contributed by atoms with van der Waals surface area (Å²) >= 11 is 0. The van der Waals surface area contributed by atoms with Crippen molar-refractivity contribution >= 4 is 22.7 Å².